The van der Waals surface area contributed by atoms with E-state index >= 15 is 0 Å². The van der Waals surface area contributed by atoms with Crippen molar-refractivity contribution in [2.45, 2.75) is 0 Å². The summed E-state index contributed by atoms with van der Waals surface area (Å²) in [7, 11) is 0. The minimum atomic E-state index is -0.197. The summed E-state index contributed by atoms with van der Waals surface area (Å²) in [5.74, 6) is 1.08. The first-order chi connectivity index (χ1) is 11.8. The summed E-state index contributed by atoms with van der Waals surface area (Å²) in [6.45, 7) is 2.93. The summed E-state index contributed by atoms with van der Waals surface area (Å²) in [4.78, 5) is 27.2. The van der Waals surface area contributed by atoms with Crippen molar-refractivity contribution in [1.82, 2.24) is 15.0 Å². The number of benzene rings is 1. The van der Waals surface area contributed by atoms with Crippen LogP contribution in [0, 0.1) is 0 Å². The van der Waals surface area contributed by atoms with Crippen LogP contribution in [0.1, 0.15) is 10.4 Å². The van der Waals surface area contributed by atoms with Gasteiger partial charge >= 0.3 is 0 Å². The molecular weight excluding hydrogens is 326 g/mol. The van der Waals surface area contributed by atoms with Crippen molar-refractivity contribution in [2.75, 3.05) is 36.5 Å². The van der Waals surface area contributed by atoms with Crippen LogP contribution in [-0.2, 0) is 4.74 Å². The SMILES string of the molecule is O=C(Nc1cc(N2CCOCC2)ncn1)c1ccc2ncsc2c1. The maximum Gasteiger partial charge on any atom is 0.256 e. The van der Waals surface area contributed by atoms with Gasteiger partial charge in [-0.15, -0.1) is 11.3 Å². The van der Waals surface area contributed by atoms with Gasteiger partial charge in [0.25, 0.3) is 5.91 Å². The predicted molar refractivity (Wildman–Crippen MR) is 92.6 cm³/mol. The molecule has 7 nitrogen and oxygen atoms in total. The smallest absolute Gasteiger partial charge is 0.256 e. The van der Waals surface area contributed by atoms with Gasteiger partial charge in [-0.3, -0.25) is 4.79 Å². The summed E-state index contributed by atoms with van der Waals surface area (Å²) in [6.07, 6.45) is 1.47. The van der Waals surface area contributed by atoms with Crippen LogP contribution in [0.4, 0.5) is 11.6 Å². The average Bonchev–Trinajstić information content (AvgIpc) is 3.10. The van der Waals surface area contributed by atoms with Gasteiger partial charge in [0.05, 0.1) is 28.9 Å². The molecule has 1 aliphatic rings. The molecule has 4 rings (SSSR count). The third-order valence-corrected chi connectivity index (χ3v) is 4.61. The maximum absolute atomic E-state index is 12.4. The first-order valence-corrected chi connectivity index (χ1v) is 8.47. The Bertz CT molecular complexity index is 876. The van der Waals surface area contributed by atoms with E-state index < -0.39 is 0 Å². The van der Waals surface area contributed by atoms with Crippen molar-refractivity contribution >= 4 is 39.1 Å². The van der Waals surface area contributed by atoms with Gasteiger partial charge in [-0.05, 0) is 18.2 Å². The number of carbonyl (C=O) groups excluding carboxylic acids is 1. The average molecular weight is 341 g/mol. The van der Waals surface area contributed by atoms with E-state index in [4.69, 9.17) is 4.74 Å². The van der Waals surface area contributed by atoms with Crippen molar-refractivity contribution in [2.24, 2.45) is 0 Å². The molecule has 1 saturated heterocycles. The Balaban J connectivity index is 1.52. The van der Waals surface area contributed by atoms with E-state index in [1.165, 1.54) is 17.7 Å². The third-order valence-electron chi connectivity index (χ3n) is 3.82. The Kier molecular flexibility index (Phi) is 4.06. The van der Waals surface area contributed by atoms with E-state index in [-0.39, 0.29) is 5.91 Å². The van der Waals surface area contributed by atoms with Crippen LogP contribution in [-0.4, -0.2) is 47.2 Å². The number of ether oxygens (including phenoxy) is 1. The van der Waals surface area contributed by atoms with Crippen molar-refractivity contribution in [3.05, 3.63) is 41.7 Å². The van der Waals surface area contributed by atoms with Gasteiger partial charge in [0.1, 0.15) is 18.0 Å². The van der Waals surface area contributed by atoms with Crippen LogP contribution < -0.4 is 10.2 Å². The van der Waals surface area contributed by atoms with Gasteiger partial charge < -0.3 is 15.0 Å². The van der Waals surface area contributed by atoms with E-state index in [0.29, 0.717) is 24.6 Å². The molecule has 0 spiro atoms. The molecule has 1 amide bonds. The highest BCUT2D eigenvalue weighted by molar-refractivity contribution is 7.16. The highest BCUT2D eigenvalue weighted by Crippen LogP contribution is 2.20. The lowest BCUT2D eigenvalue weighted by Crippen LogP contribution is -2.36. The molecule has 3 heterocycles. The van der Waals surface area contributed by atoms with Crippen molar-refractivity contribution in [3.8, 4) is 0 Å². The molecular formula is C16H15N5O2S. The summed E-state index contributed by atoms with van der Waals surface area (Å²) in [6, 6.07) is 7.24. The second-order valence-corrected chi connectivity index (χ2v) is 6.24. The number of anilines is 2. The van der Waals surface area contributed by atoms with Crippen LogP contribution in [0.2, 0.25) is 0 Å². The fraction of sp³-hybridized carbons (Fsp3) is 0.250. The minimum absolute atomic E-state index is 0.197. The van der Waals surface area contributed by atoms with Gasteiger partial charge in [0, 0.05) is 24.7 Å². The molecule has 1 fully saturated rings. The number of amides is 1. The van der Waals surface area contributed by atoms with Gasteiger partial charge in [0.15, 0.2) is 0 Å². The minimum Gasteiger partial charge on any atom is -0.378 e. The molecule has 1 aromatic carbocycles. The molecule has 0 bridgehead atoms. The molecule has 0 atom stereocenters. The highest BCUT2D eigenvalue weighted by atomic mass is 32.1. The Morgan fingerprint density at radius 2 is 2.04 bits per heavy atom. The number of morpholine rings is 1. The number of thiazole rings is 1. The van der Waals surface area contributed by atoms with Crippen LogP contribution >= 0.6 is 11.3 Å². The van der Waals surface area contributed by atoms with E-state index in [2.05, 4.69) is 25.2 Å². The van der Waals surface area contributed by atoms with E-state index in [9.17, 15) is 4.79 Å². The lowest BCUT2D eigenvalue weighted by molar-refractivity contribution is 0.102. The summed E-state index contributed by atoms with van der Waals surface area (Å²) >= 11 is 1.51. The second-order valence-electron chi connectivity index (χ2n) is 5.35. The summed E-state index contributed by atoms with van der Waals surface area (Å²) in [5.41, 5.74) is 3.25. The number of rotatable bonds is 3. The number of hydrogen-bond donors (Lipinski definition) is 1. The van der Waals surface area contributed by atoms with Gasteiger partial charge in [-0.1, -0.05) is 0 Å². The van der Waals surface area contributed by atoms with E-state index in [1.807, 2.05) is 12.1 Å². The Morgan fingerprint density at radius 3 is 2.92 bits per heavy atom. The Labute approximate surface area is 142 Å². The van der Waals surface area contributed by atoms with E-state index in [0.717, 1.165) is 29.1 Å². The zero-order chi connectivity index (χ0) is 16.4. The van der Waals surface area contributed by atoms with Crippen LogP contribution in [0.5, 0.6) is 0 Å². The second kappa shape index (κ2) is 6.50. The molecule has 2 aromatic heterocycles. The number of fused-ring (bicyclic) bond motifs is 1. The first kappa shape index (κ1) is 15.0. The topological polar surface area (TPSA) is 80.2 Å². The lowest BCUT2D eigenvalue weighted by Gasteiger charge is -2.27. The fourth-order valence-electron chi connectivity index (χ4n) is 2.57. The van der Waals surface area contributed by atoms with Crippen molar-refractivity contribution in [3.63, 3.8) is 0 Å². The number of nitrogens with one attached hydrogen (secondary N) is 1. The standard InChI is InChI=1S/C16H15N5O2S/c22-16(11-1-2-12-13(7-11)24-10-19-12)20-14-8-15(18-9-17-14)21-3-5-23-6-4-21/h1-2,7-10H,3-6H2,(H,17,18,20,22). The molecule has 0 aliphatic carbocycles. The normalized spacial score (nSPS) is 14.8. The highest BCUT2D eigenvalue weighted by Gasteiger charge is 2.14. The van der Waals surface area contributed by atoms with Crippen molar-refractivity contribution in [1.29, 1.82) is 0 Å². The van der Waals surface area contributed by atoms with Gasteiger partial charge in [-0.2, -0.15) is 0 Å². The largest absolute Gasteiger partial charge is 0.378 e. The number of hydrogen-bond acceptors (Lipinski definition) is 7. The maximum atomic E-state index is 12.4. The zero-order valence-corrected chi connectivity index (χ0v) is 13.6. The molecule has 122 valence electrons. The third kappa shape index (κ3) is 3.06. The molecule has 0 saturated carbocycles. The molecule has 0 unspecified atom stereocenters. The predicted octanol–water partition coefficient (Wildman–Crippen LogP) is 2.18. The van der Waals surface area contributed by atoms with Gasteiger partial charge in [0.2, 0.25) is 0 Å². The van der Waals surface area contributed by atoms with Crippen molar-refractivity contribution < 1.29 is 9.53 Å². The zero-order valence-electron chi connectivity index (χ0n) is 12.8. The fourth-order valence-corrected chi connectivity index (χ4v) is 3.28. The van der Waals surface area contributed by atoms with Gasteiger partial charge in [-0.25, -0.2) is 15.0 Å². The van der Waals surface area contributed by atoms with Crippen LogP contribution in [0.25, 0.3) is 10.2 Å². The summed E-state index contributed by atoms with van der Waals surface area (Å²) in [5, 5.41) is 2.83. The monoisotopic (exact) mass is 341 g/mol. The molecule has 0 radical (unpaired) electrons. The quantitative estimate of drug-likeness (QED) is 0.786. The summed E-state index contributed by atoms with van der Waals surface area (Å²) < 4.78 is 6.33. The molecule has 8 heteroatoms. The lowest BCUT2D eigenvalue weighted by atomic mass is 10.2. The Hall–Kier alpha value is -2.58. The van der Waals surface area contributed by atoms with Crippen LogP contribution in [0.3, 0.4) is 0 Å². The molecule has 1 N–H and O–H groups in total. The first-order valence-electron chi connectivity index (χ1n) is 7.59. The van der Waals surface area contributed by atoms with E-state index in [1.54, 1.807) is 17.6 Å². The number of carbonyl (C=O) groups is 1. The number of nitrogens with zero attached hydrogens (tertiary/aromatic N) is 4. The molecule has 3 aromatic rings. The molecule has 1 aliphatic heterocycles. The Morgan fingerprint density at radius 1 is 1.17 bits per heavy atom. The van der Waals surface area contributed by atoms with Crippen LogP contribution in [0.15, 0.2) is 36.1 Å². The molecule has 24 heavy (non-hydrogen) atoms. The number of aromatic nitrogens is 3.